The van der Waals surface area contributed by atoms with Crippen molar-refractivity contribution in [2.45, 2.75) is 6.04 Å². The Labute approximate surface area is 84.8 Å². The number of rotatable bonds is 3. The summed E-state index contributed by atoms with van der Waals surface area (Å²) in [6.45, 7) is 0. The number of halogens is 2. The monoisotopic (exact) mass is 213 g/mol. The zero-order valence-corrected chi connectivity index (χ0v) is 7.65. The van der Waals surface area contributed by atoms with Gasteiger partial charge in [0.1, 0.15) is 0 Å². The fourth-order valence-electron chi connectivity index (χ4n) is 1.02. The van der Waals surface area contributed by atoms with Gasteiger partial charge in [-0.25, -0.2) is 13.6 Å². The van der Waals surface area contributed by atoms with Crippen LogP contribution in [0.1, 0.15) is 11.6 Å². The Balaban J connectivity index is 2.87. The predicted octanol–water partition coefficient (Wildman–Crippen LogP) is 1.61. The number of carbonyl (C=O) groups is 1. The molecule has 0 radical (unpaired) electrons. The maximum atomic E-state index is 12.8. The van der Waals surface area contributed by atoms with Gasteiger partial charge in [-0.1, -0.05) is 12.1 Å². The average Bonchev–Trinajstić information content (AvgIpc) is 2.18. The predicted molar refractivity (Wildman–Crippen MR) is 50.1 cm³/mol. The molecule has 15 heavy (non-hydrogen) atoms. The first kappa shape index (κ1) is 11.3. The Hall–Kier alpha value is -1.75. The molecule has 1 atom stereocenters. The van der Waals surface area contributed by atoms with Crippen LogP contribution in [0.4, 0.5) is 8.78 Å². The third kappa shape index (κ3) is 3.14. The molecule has 3 nitrogen and oxygen atoms in total. The molecule has 0 aliphatic rings. The Bertz CT molecular complexity index is 404. The largest absolute Gasteiger partial charge is 0.478 e. The summed E-state index contributed by atoms with van der Waals surface area (Å²) in [6.07, 6.45) is 2.04. The molecule has 1 aromatic rings. The summed E-state index contributed by atoms with van der Waals surface area (Å²) in [4.78, 5) is 10.2. The maximum Gasteiger partial charge on any atom is 0.328 e. The summed E-state index contributed by atoms with van der Waals surface area (Å²) in [7, 11) is 0. The molecular formula is C10H9F2NO2. The minimum Gasteiger partial charge on any atom is -0.478 e. The first-order chi connectivity index (χ1) is 7.00. The van der Waals surface area contributed by atoms with Crippen LogP contribution >= 0.6 is 0 Å². The summed E-state index contributed by atoms with van der Waals surface area (Å²) in [5, 5.41) is 8.33. The van der Waals surface area contributed by atoms with E-state index in [4.69, 9.17) is 10.8 Å². The summed E-state index contributed by atoms with van der Waals surface area (Å²) in [5.41, 5.74) is 5.83. The number of aliphatic carboxylic acids is 1. The number of hydrogen-bond acceptors (Lipinski definition) is 2. The minimum absolute atomic E-state index is 0.311. The van der Waals surface area contributed by atoms with Gasteiger partial charge in [0.05, 0.1) is 0 Å². The number of carboxylic acids is 1. The van der Waals surface area contributed by atoms with Crippen molar-refractivity contribution in [3.8, 4) is 0 Å². The molecule has 5 heteroatoms. The number of nitrogens with two attached hydrogens (primary N) is 1. The summed E-state index contributed by atoms with van der Waals surface area (Å²) >= 11 is 0. The lowest BCUT2D eigenvalue weighted by Gasteiger charge is -2.06. The van der Waals surface area contributed by atoms with Gasteiger partial charge in [-0.3, -0.25) is 0 Å². The average molecular weight is 213 g/mol. The van der Waals surface area contributed by atoms with Crippen LogP contribution in [0.2, 0.25) is 0 Å². The van der Waals surface area contributed by atoms with Gasteiger partial charge in [0.15, 0.2) is 11.6 Å². The molecule has 0 spiro atoms. The molecule has 1 rings (SSSR count). The highest BCUT2D eigenvalue weighted by molar-refractivity contribution is 5.79. The second kappa shape index (κ2) is 4.65. The molecule has 0 aromatic heterocycles. The molecule has 0 fully saturated rings. The van der Waals surface area contributed by atoms with Crippen LogP contribution < -0.4 is 5.73 Å². The highest BCUT2D eigenvalue weighted by Crippen LogP contribution is 2.15. The van der Waals surface area contributed by atoms with E-state index in [-0.39, 0.29) is 0 Å². The molecule has 3 N–H and O–H groups in total. The van der Waals surface area contributed by atoms with E-state index in [1.807, 2.05) is 0 Å². The van der Waals surface area contributed by atoms with E-state index >= 15 is 0 Å². The molecule has 0 aliphatic heterocycles. The number of hydrogen-bond donors (Lipinski definition) is 2. The first-order valence-electron chi connectivity index (χ1n) is 4.12. The molecule has 80 valence electrons. The van der Waals surface area contributed by atoms with Crippen molar-refractivity contribution in [3.05, 3.63) is 47.5 Å². The van der Waals surface area contributed by atoms with Crippen LogP contribution in [0.5, 0.6) is 0 Å². The molecule has 1 aromatic carbocycles. The highest BCUT2D eigenvalue weighted by atomic mass is 19.2. The van der Waals surface area contributed by atoms with Crippen LogP contribution in [-0.2, 0) is 4.79 Å². The van der Waals surface area contributed by atoms with E-state index in [0.29, 0.717) is 5.56 Å². The van der Waals surface area contributed by atoms with Crippen molar-refractivity contribution in [1.29, 1.82) is 0 Å². The zero-order chi connectivity index (χ0) is 11.4. The quantitative estimate of drug-likeness (QED) is 0.749. The van der Waals surface area contributed by atoms with Crippen LogP contribution in [0.25, 0.3) is 0 Å². The number of benzene rings is 1. The second-order valence-electron chi connectivity index (χ2n) is 2.90. The van der Waals surface area contributed by atoms with E-state index in [0.717, 1.165) is 18.2 Å². The van der Waals surface area contributed by atoms with Gasteiger partial charge in [-0.05, 0) is 17.7 Å². The van der Waals surface area contributed by atoms with Gasteiger partial charge in [0.25, 0.3) is 0 Å². The van der Waals surface area contributed by atoms with Crippen LogP contribution in [0.3, 0.4) is 0 Å². The van der Waals surface area contributed by atoms with Crippen molar-refractivity contribution >= 4 is 5.97 Å². The van der Waals surface area contributed by atoms with Crippen molar-refractivity contribution < 1.29 is 18.7 Å². The maximum absolute atomic E-state index is 12.8. The number of carboxylic acid groups (broad SMARTS) is 1. The van der Waals surface area contributed by atoms with Gasteiger partial charge in [-0.15, -0.1) is 0 Å². The third-order valence-electron chi connectivity index (χ3n) is 1.77. The van der Waals surface area contributed by atoms with Gasteiger partial charge in [0.2, 0.25) is 0 Å². The van der Waals surface area contributed by atoms with E-state index in [1.54, 1.807) is 0 Å². The fraction of sp³-hybridized carbons (Fsp3) is 0.100. The fourth-order valence-corrected chi connectivity index (χ4v) is 1.02. The van der Waals surface area contributed by atoms with E-state index in [2.05, 4.69) is 0 Å². The smallest absolute Gasteiger partial charge is 0.328 e. The second-order valence-corrected chi connectivity index (χ2v) is 2.90. The first-order valence-corrected chi connectivity index (χ1v) is 4.12. The van der Waals surface area contributed by atoms with Crippen molar-refractivity contribution in [1.82, 2.24) is 0 Å². The van der Waals surface area contributed by atoms with Gasteiger partial charge < -0.3 is 10.8 Å². The van der Waals surface area contributed by atoms with E-state index in [1.165, 1.54) is 12.1 Å². The Morgan fingerprint density at radius 2 is 2.07 bits per heavy atom. The van der Waals surface area contributed by atoms with E-state index in [9.17, 15) is 13.6 Å². The Morgan fingerprint density at radius 3 is 2.60 bits per heavy atom. The molecule has 0 saturated heterocycles. The molecular weight excluding hydrogens is 204 g/mol. The summed E-state index contributed by atoms with van der Waals surface area (Å²) in [5.74, 6) is -3.12. The third-order valence-corrected chi connectivity index (χ3v) is 1.77. The minimum atomic E-state index is -1.15. The normalized spacial score (nSPS) is 13.0. The molecule has 0 heterocycles. The van der Waals surface area contributed by atoms with Crippen LogP contribution in [0, 0.1) is 11.6 Å². The van der Waals surface area contributed by atoms with E-state index < -0.39 is 23.6 Å². The Kier molecular flexibility index (Phi) is 3.51. The standard InChI is InChI=1S/C10H9F2NO2/c11-7-2-1-6(5-8(7)12)9(13)3-4-10(14)15/h1-5,9H,13H2,(H,14,15)/b4-3+. The lowest BCUT2D eigenvalue weighted by atomic mass is 10.1. The summed E-state index contributed by atoms with van der Waals surface area (Å²) < 4.78 is 25.3. The zero-order valence-electron chi connectivity index (χ0n) is 7.65. The SMILES string of the molecule is NC(/C=C/C(=O)O)c1ccc(F)c(F)c1. The van der Waals surface area contributed by atoms with Crippen molar-refractivity contribution in [3.63, 3.8) is 0 Å². The van der Waals surface area contributed by atoms with Crippen LogP contribution in [-0.4, -0.2) is 11.1 Å². The molecule has 1 unspecified atom stereocenters. The lowest BCUT2D eigenvalue weighted by Crippen LogP contribution is -2.08. The highest BCUT2D eigenvalue weighted by Gasteiger charge is 2.07. The molecule has 0 bridgehead atoms. The van der Waals surface area contributed by atoms with Gasteiger partial charge >= 0.3 is 5.97 Å². The topological polar surface area (TPSA) is 63.3 Å². The van der Waals surface area contributed by atoms with Gasteiger partial charge in [0, 0.05) is 12.1 Å². The Morgan fingerprint density at radius 1 is 1.40 bits per heavy atom. The van der Waals surface area contributed by atoms with Crippen molar-refractivity contribution in [2.75, 3.05) is 0 Å². The summed E-state index contributed by atoms with van der Waals surface area (Å²) in [6, 6.07) is 2.41. The molecule has 0 saturated carbocycles. The molecule has 0 aliphatic carbocycles. The van der Waals surface area contributed by atoms with Crippen LogP contribution in [0.15, 0.2) is 30.4 Å². The lowest BCUT2D eigenvalue weighted by molar-refractivity contribution is -0.131. The van der Waals surface area contributed by atoms with Gasteiger partial charge in [-0.2, -0.15) is 0 Å². The molecule has 0 amide bonds. The van der Waals surface area contributed by atoms with Crippen molar-refractivity contribution in [2.24, 2.45) is 5.73 Å².